The fourth-order valence-electron chi connectivity index (χ4n) is 5.90. The molecule has 0 spiro atoms. The number of carbonyl (C=O) groups is 1. The molecule has 6 rings (SSSR count). The van der Waals surface area contributed by atoms with Crippen LogP contribution in [0.2, 0.25) is 5.02 Å². The van der Waals surface area contributed by atoms with E-state index in [0.29, 0.717) is 34.6 Å². The van der Waals surface area contributed by atoms with Crippen LogP contribution in [-0.2, 0) is 11.2 Å². The summed E-state index contributed by atoms with van der Waals surface area (Å²) in [4.78, 5) is 42.7. The monoisotopic (exact) mass is 561 g/mol. The second-order valence-electron chi connectivity index (χ2n) is 11.3. The lowest BCUT2D eigenvalue weighted by molar-refractivity contribution is -0.132. The van der Waals surface area contributed by atoms with Gasteiger partial charge in [0.1, 0.15) is 17.0 Å². The molecule has 2 saturated heterocycles. The smallest absolute Gasteiger partial charge is 0.258 e. The number of H-pyrrole nitrogens is 1. The van der Waals surface area contributed by atoms with Gasteiger partial charge in [0.15, 0.2) is 0 Å². The molecule has 0 saturated carbocycles. The highest BCUT2D eigenvalue weighted by Crippen LogP contribution is 2.27. The molecule has 0 aliphatic carbocycles. The molecule has 1 aromatic carbocycles. The maximum Gasteiger partial charge on any atom is 0.258 e. The molecule has 2 aliphatic heterocycles. The fourth-order valence-corrected chi connectivity index (χ4v) is 6.12. The Morgan fingerprint density at radius 3 is 2.60 bits per heavy atom. The molecule has 9 nitrogen and oxygen atoms in total. The zero-order valence-electron chi connectivity index (χ0n) is 23.2. The zero-order valence-corrected chi connectivity index (χ0v) is 23.9. The number of nitrogens with one attached hydrogen (secondary N) is 2. The van der Waals surface area contributed by atoms with E-state index >= 15 is 0 Å². The number of aromatic amines is 1. The topological polar surface area (TPSA) is 98.6 Å². The van der Waals surface area contributed by atoms with Gasteiger partial charge in [0.25, 0.3) is 5.56 Å². The number of benzene rings is 1. The first-order valence-corrected chi connectivity index (χ1v) is 14.6. The van der Waals surface area contributed by atoms with Gasteiger partial charge in [-0.05, 0) is 81.9 Å². The molecule has 2 aliphatic rings. The normalized spacial score (nSPS) is 16.8. The largest absolute Gasteiger partial charge is 0.380 e. The second kappa shape index (κ2) is 11.2. The number of piperidine rings is 1. The lowest BCUT2D eigenvalue weighted by Crippen LogP contribution is -2.43. The summed E-state index contributed by atoms with van der Waals surface area (Å²) in [6, 6.07) is 5.73. The Kier molecular flexibility index (Phi) is 7.51. The van der Waals surface area contributed by atoms with Gasteiger partial charge < -0.3 is 24.5 Å². The molecular formula is C30H36ClN7O2. The molecule has 3 aromatic heterocycles. The Labute approximate surface area is 238 Å². The number of hydrogen-bond acceptors (Lipinski definition) is 6. The van der Waals surface area contributed by atoms with Crippen molar-refractivity contribution < 1.29 is 4.79 Å². The number of nitrogens with zero attached hydrogens (tertiary/aromatic N) is 5. The van der Waals surface area contributed by atoms with Gasteiger partial charge in [-0.1, -0.05) is 11.6 Å². The molecule has 4 aromatic rings. The van der Waals surface area contributed by atoms with E-state index in [1.165, 1.54) is 24.0 Å². The summed E-state index contributed by atoms with van der Waals surface area (Å²) < 4.78 is 2.01. The Hall–Kier alpha value is -3.43. The van der Waals surface area contributed by atoms with E-state index in [2.05, 4.69) is 41.3 Å². The molecule has 0 radical (unpaired) electrons. The van der Waals surface area contributed by atoms with Crippen LogP contribution < -0.4 is 10.9 Å². The van der Waals surface area contributed by atoms with Crippen molar-refractivity contribution in [1.29, 1.82) is 0 Å². The number of likely N-dealkylation sites (tertiary alicyclic amines) is 2. The van der Waals surface area contributed by atoms with Crippen LogP contribution in [0, 0.1) is 13.8 Å². The third-order valence-corrected chi connectivity index (χ3v) is 8.55. The van der Waals surface area contributed by atoms with Crippen molar-refractivity contribution in [2.24, 2.45) is 0 Å². The lowest BCUT2D eigenvalue weighted by Gasteiger charge is -2.33. The second-order valence-corrected chi connectivity index (χ2v) is 11.7. The van der Waals surface area contributed by atoms with E-state index in [1.807, 2.05) is 21.6 Å². The number of pyridine rings is 1. The summed E-state index contributed by atoms with van der Waals surface area (Å²) in [5, 5.41) is 4.52. The van der Waals surface area contributed by atoms with Crippen molar-refractivity contribution in [3.05, 3.63) is 68.6 Å². The molecule has 210 valence electrons. The summed E-state index contributed by atoms with van der Waals surface area (Å²) in [5.74, 6) is 0.798. The molecule has 2 N–H and O–H groups in total. The summed E-state index contributed by atoms with van der Waals surface area (Å²) in [5.41, 5.74) is 5.20. The van der Waals surface area contributed by atoms with Crippen LogP contribution in [0.25, 0.3) is 16.6 Å². The summed E-state index contributed by atoms with van der Waals surface area (Å²) in [6.07, 6.45) is 9.20. The Balaban J connectivity index is 1.16. The van der Waals surface area contributed by atoms with Gasteiger partial charge in [-0.25, -0.2) is 9.97 Å². The number of aromatic nitrogens is 4. The van der Waals surface area contributed by atoms with Gasteiger partial charge in [-0.15, -0.1) is 0 Å². The molecule has 5 heterocycles. The summed E-state index contributed by atoms with van der Waals surface area (Å²) in [7, 11) is 0. The van der Waals surface area contributed by atoms with Gasteiger partial charge >= 0.3 is 0 Å². The van der Waals surface area contributed by atoms with Crippen LogP contribution in [0.1, 0.15) is 54.7 Å². The number of carbonyl (C=O) groups excluding carboxylic acids is 1. The average molecular weight is 562 g/mol. The van der Waals surface area contributed by atoms with E-state index in [4.69, 9.17) is 21.6 Å². The minimum atomic E-state index is -0.223. The van der Waals surface area contributed by atoms with Crippen LogP contribution >= 0.6 is 11.6 Å². The molecule has 2 fully saturated rings. The van der Waals surface area contributed by atoms with Crippen molar-refractivity contribution >= 4 is 39.7 Å². The number of halogens is 1. The number of imidazole rings is 1. The quantitative estimate of drug-likeness (QED) is 0.349. The van der Waals surface area contributed by atoms with Gasteiger partial charge in [-0.3, -0.25) is 9.59 Å². The van der Waals surface area contributed by atoms with E-state index in [9.17, 15) is 9.59 Å². The van der Waals surface area contributed by atoms with E-state index in [1.54, 1.807) is 6.07 Å². The Bertz CT molecular complexity index is 1580. The molecule has 1 amide bonds. The maximum atomic E-state index is 13.1. The Morgan fingerprint density at radius 2 is 1.82 bits per heavy atom. The molecule has 0 atom stereocenters. The lowest BCUT2D eigenvalue weighted by atomic mass is 10.0. The zero-order chi connectivity index (χ0) is 27.8. The van der Waals surface area contributed by atoms with Crippen LogP contribution in [0.3, 0.4) is 0 Å². The first-order valence-electron chi connectivity index (χ1n) is 14.3. The summed E-state index contributed by atoms with van der Waals surface area (Å²) in [6.45, 7) is 8.69. The number of rotatable bonds is 7. The number of aryl methyl sites for hydroxylation is 2. The van der Waals surface area contributed by atoms with E-state index in [0.717, 1.165) is 62.6 Å². The van der Waals surface area contributed by atoms with Crippen molar-refractivity contribution in [2.45, 2.75) is 58.4 Å². The van der Waals surface area contributed by atoms with Crippen molar-refractivity contribution in [1.82, 2.24) is 29.2 Å². The molecule has 0 bridgehead atoms. The number of hydrogen-bond donors (Lipinski definition) is 2. The van der Waals surface area contributed by atoms with Gasteiger partial charge in [0.2, 0.25) is 5.91 Å². The first-order chi connectivity index (χ1) is 19.3. The maximum absolute atomic E-state index is 13.1. The van der Waals surface area contributed by atoms with Crippen LogP contribution in [0.15, 0.2) is 35.4 Å². The SMILES string of the molecule is Cc1cc2nc(Cc3nc4c(NC5CCN(C(=O)CCN6CCCC6)CC5)cc(Cl)cc4c(=O)[nH]3)cn2cc1C. The first kappa shape index (κ1) is 26.8. The highest BCUT2D eigenvalue weighted by Gasteiger charge is 2.24. The average Bonchev–Trinajstić information content (AvgIpc) is 3.58. The minimum Gasteiger partial charge on any atom is -0.380 e. The summed E-state index contributed by atoms with van der Waals surface area (Å²) >= 11 is 6.42. The van der Waals surface area contributed by atoms with Crippen molar-refractivity contribution in [3.63, 3.8) is 0 Å². The molecular weight excluding hydrogens is 526 g/mol. The van der Waals surface area contributed by atoms with Crippen LogP contribution in [0.5, 0.6) is 0 Å². The third kappa shape index (κ3) is 5.71. The minimum absolute atomic E-state index is 0.166. The highest BCUT2D eigenvalue weighted by atomic mass is 35.5. The van der Waals surface area contributed by atoms with Crippen LogP contribution in [0.4, 0.5) is 5.69 Å². The predicted molar refractivity (Wildman–Crippen MR) is 158 cm³/mol. The number of fused-ring (bicyclic) bond motifs is 2. The Morgan fingerprint density at radius 1 is 1.05 bits per heavy atom. The highest BCUT2D eigenvalue weighted by molar-refractivity contribution is 6.31. The standard InChI is InChI=1S/C30H36ClN7O2/c1-19-13-27-33-23(18-38(27)17-20(19)2)16-26-34-29-24(30(40)35-26)14-21(31)15-25(29)32-22-5-11-37(12-6-22)28(39)7-10-36-8-3-4-9-36/h13-15,17-18,22,32H,3-12,16H2,1-2H3,(H,34,35,40). The number of anilines is 1. The molecule has 40 heavy (non-hydrogen) atoms. The molecule has 10 heteroatoms. The van der Waals surface area contributed by atoms with Crippen LogP contribution in [-0.4, -0.2) is 73.8 Å². The molecule has 0 unspecified atom stereocenters. The van der Waals surface area contributed by atoms with E-state index in [-0.39, 0.29) is 17.5 Å². The van der Waals surface area contributed by atoms with Crippen molar-refractivity contribution in [3.8, 4) is 0 Å². The van der Waals surface area contributed by atoms with Gasteiger partial charge in [-0.2, -0.15) is 0 Å². The van der Waals surface area contributed by atoms with Crippen molar-refractivity contribution in [2.75, 3.05) is 38.0 Å². The predicted octanol–water partition coefficient (Wildman–Crippen LogP) is 4.32. The fraction of sp³-hybridized carbons (Fsp3) is 0.467. The van der Waals surface area contributed by atoms with Gasteiger partial charge in [0, 0.05) is 55.9 Å². The number of amides is 1. The van der Waals surface area contributed by atoms with E-state index < -0.39 is 0 Å². The third-order valence-electron chi connectivity index (χ3n) is 8.33. The van der Waals surface area contributed by atoms with Gasteiger partial charge in [0.05, 0.1) is 16.8 Å².